The van der Waals surface area contributed by atoms with Crippen LogP contribution in [0.4, 0.5) is 6.01 Å². The Morgan fingerprint density at radius 1 is 1.12 bits per heavy atom. The van der Waals surface area contributed by atoms with Crippen molar-refractivity contribution in [3.8, 4) is 23.0 Å². The van der Waals surface area contributed by atoms with E-state index in [0.717, 1.165) is 5.56 Å². The van der Waals surface area contributed by atoms with Crippen molar-refractivity contribution in [1.82, 2.24) is 10.2 Å². The lowest BCUT2D eigenvalue weighted by Crippen LogP contribution is -1.90. The number of nitrogens with zero attached hydrogens (tertiary/aromatic N) is 2. The van der Waals surface area contributed by atoms with E-state index in [4.69, 9.17) is 19.6 Å². The van der Waals surface area contributed by atoms with Gasteiger partial charge in [0.1, 0.15) is 0 Å². The van der Waals surface area contributed by atoms with Crippen molar-refractivity contribution in [2.45, 2.75) is 0 Å². The van der Waals surface area contributed by atoms with Crippen molar-refractivity contribution in [1.29, 1.82) is 0 Å². The van der Waals surface area contributed by atoms with Gasteiger partial charge >= 0.3 is 6.01 Å². The van der Waals surface area contributed by atoms with Crippen molar-refractivity contribution in [3.63, 3.8) is 0 Å². The number of ether oxygens (including phenoxy) is 2. The van der Waals surface area contributed by atoms with Crippen molar-refractivity contribution in [3.05, 3.63) is 18.2 Å². The highest BCUT2D eigenvalue weighted by molar-refractivity contribution is 5.85. The zero-order chi connectivity index (χ0) is 11.5. The molecule has 0 radical (unpaired) electrons. The third-order valence-electron chi connectivity index (χ3n) is 2.07. The number of methoxy groups -OCH3 is 2. The number of nitrogens with two attached hydrogens (primary N) is 1. The first-order chi connectivity index (χ1) is 7.74. The Labute approximate surface area is 104 Å². The molecule has 0 aliphatic heterocycles. The van der Waals surface area contributed by atoms with E-state index in [2.05, 4.69) is 10.2 Å². The average molecular weight is 258 g/mol. The van der Waals surface area contributed by atoms with E-state index < -0.39 is 0 Å². The molecule has 0 aliphatic carbocycles. The molecule has 0 spiro atoms. The third kappa shape index (κ3) is 2.59. The standard InChI is InChI=1S/C10H11N3O3.ClH/c1-14-7-4-3-6(5-8(7)15-2)9-12-13-10(11)16-9;/h3-5H,1-2H3,(H2,11,13);1H. The van der Waals surface area contributed by atoms with Crippen LogP contribution in [0.3, 0.4) is 0 Å². The zero-order valence-corrected chi connectivity index (χ0v) is 10.2. The molecule has 1 aromatic heterocycles. The van der Waals surface area contributed by atoms with Crippen molar-refractivity contribution in [2.75, 3.05) is 20.0 Å². The summed E-state index contributed by atoms with van der Waals surface area (Å²) in [4.78, 5) is 0. The first-order valence-corrected chi connectivity index (χ1v) is 4.56. The minimum absolute atomic E-state index is 0. The molecule has 6 nitrogen and oxygen atoms in total. The van der Waals surface area contributed by atoms with Crippen LogP contribution in [0.2, 0.25) is 0 Å². The van der Waals surface area contributed by atoms with Gasteiger partial charge in [0.15, 0.2) is 11.5 Å². The van der Waals surface area contributed by atoms with Crippen LogP contribution in [0.1, 0.15) is 0 Å². The van der Waals surface area contributed by atoms with E-state index in [-0.39, 0.29) is 18.4 Å². The Kier molecular flexibility index (Phi) is 4.17. The summed E-state index contributed by atoms with van der Waals surface area (Å²) in [7, 11) is 3.13. The molecule has 0 saturated carbocycles. The van der Waals surface area contributed by atoms with Crippen LogP contribution in [-0.2, 0) is 0 Å². The maximum absolute atomic E-state index is 5.35. The molecule has 0 aliphatic rings. The van der Waals surface area contributed by atoms with Crippen LogP contribution in [-0.4, -0.2) is 24.4 Å². The van der Waals surface area contributed by atoms with Gasteiger partial charge in [0.2, 0.25) is 5.89 Å². The highest BCUT2D eigenvalue weighted by Crippen LogP contribution is 2.31. The fourth-order valence-electron chi connectivity index (χ4n) is 1.32. The van der Waals surface area contributed by atoms with Gasteiger partial charge in [-0.15, -0.1) is 17.5 Å². The normalized spacial score (nSPS) is 9.53. The second kappa shape index (κ2) is 5.40. The van der Waals surface area contributed by atoms with Gasteiger partial charge in [-0.05, 0) is 18.2 Å². The molecule has 0 bridgehead atoms. The van der Waals surface area contributed by atoms with E-state index in [0.29, 0.717) is 17.4 Å². The molecule has 1 aromatic carbocycles. The molecule has 2 rings (SSSR count). The van der Waals surface area contributed by atoms with Gasteiger partial charge in [-0.1, -0.05) is 5.10 Å². The predicted octanol–water partition coefficient (Wildman–Crippen LogP) is 1.76. The monoisotopic (exact) mass is 257 g/mol. The fourth-order valence-corrected chi connectivity index (χ4v) is 1.32. The molecule has 0 amide bonds. The minimum Gasteiger partial charge on any atom is -0.493 e. The van der Waals surface area contributed by atoms with E-state index in [1.165, 1.54) is 0 Å². The second-order valence-electron chi connectivity index (χ2n) is 3.02. The molecule has 7 heteroatoms. The number of aromatic nitrogens is 2. The molecule has 92 valence electrons. The smallest absolute Gasteiger partial charge is 0.313 e. The van der Waals surface area contributed by atoms with Gasteiger partial charge in [-0.25, -0.2) is 0 Å². The number of hydrogen-bond donors (Lipinski definition) is 1. The number of anilines is 1. The molecular formula is C10H12ClN3O3. The largest absolute Gasteiger partial charge is 0.493 e. The Morgan fingerprint density at radius 3 is 2.35 bits per heavy atom. The third-order valence-corrected chi connectivity index (χ3v) is 2.07. The molecular weight excluding hydrogens is 246 g/mol. The first-order valence-electron chi connectivity index (χ1n) is 4.56. The summed E-state index contributed by atoms with van der Waals surface area (Å²) < 4.78 is 15.4. The summed E-state index contributed by atoms with van der Waals surface area (Å²) in [6.07, 6.45) is 0. The van der Waals surface area contributed by atoms with Gasteiger partial charge in [0.05, 0.1) is 14.2 Å². The van der Waals surface area contributed by atoms with Gasteiger partial charge in [0.25, 0.3) is 0 Å². The van der Waals surface area contributed by atoms with Crippen LogP contribution in [0, 0.1) is 0 Å². The minimum atomic E-state index is 0. The number of rotatable bonds is 3. The predicted molar refractivity (Wildman–Crippen MR) is 64.5 cm³/mol. The molecule has 0 saturated heterocycles. The van der Waals surface area contributed by atoms with Crippen molar-refractivity contribution < 1.29 is 13.9 Å². The van der Waals surface area contributed by atoms with E-state index in [9.17, 15) is 0 Å². The van der Waals surface area contributed by atoms with Gasteiger partial charge in [-0.2, -0.15) is 0 Å². The van der Waals surface area contributed by atoms with Gasteiger partial charge in [-0.3, -0.25) is 0 Å². The molecule has 1 heterocycles. The topological polar surface area (TPSA) is 83.4 Å². The summed E-state index contributed by atoms with van der Waals surface area (Å²) in [5, 5.41) is 7.36. The van der Waals surface area contributed by atoms with Crippen LogP contribution in [0.15, 0.2) is 22.6 Å². The van der Waals surface area contributed by atoms with Gasteiger partial charge < -0.3 is 19.6 Å². The highest BCUT2D eigenvalue weighted by Gasteiger charge is 2.10. The Bertz CT molecular complexity index is 501. The summed E-state index contributed by atoms with van der Waals surface area (Å²) >= 11 is 0. The van der Waals surface area contributed by atoms with Crippen LogP contribution in [0.5, 0.6) is 11.5 Å². The summed E-state index contributed by atoms with van der Waals surface area (Å²) in [5.41, 5.74) is 6.07. The summed E-state index contributed by atoms with van der Waals surface area (Å²) in [6, 6.07) is 5.32. The Morgan fingerprint density at radius 2 is 1.82 bits per heavy atom. The maximum atomic E-state index is 5.35. The highest BCUT2D eigenvalue weighted by atomic mass is 35.5. The Balaban J connectivity index is 0.00000144. The number of nitrogen functional groups attached to an aromatic ring is 1. The van der Waals surface area contributed by atoms with Crippen LogP contribution < -0.4 is 15.2 Å². The lowest BCUT2D eigenvalue weighted by atomic mass is 10.2. The fraction of sp³-hybridized carbons (Fsp3) is 0.200. The maximum Gasteiger partial charge on any atom is 0.313 e. The molecule has 0 fully saturated rings. The molecule has 0 atom stereocenters. The van der Waals surface area contributed by atoms with Crippen LogP contribution >= 0.6 is 12.4 Å². The lowest BCUT2D eigenvalue weighted by molar-refractivity contribution is 0.355. The first kappa shape index (κ1) is 13.1. The second-order valence-corrected chi connectivity index (χ2v) is 3.02. The zero-order valence-electron chi connectivity index (χ0n) is 9.34. The number of halogens is 1. The number of benzene rings is 1. The SMILES string of the molecule is COc1ccc(-c2nnc(N)o2)cc1OC.Cl. The molecule has 2 aromatic rings. The summed E-state index contributed by atoms with van der Waals surface area (Å²) in [5.74, 6) is 1.58. The number of hydrogen-bond acceptors (Lipinski definition) is 6. The molecule has 2 N–H and O–H groups in total. The summed E-state index contributed by atoms with van der Waals surface area (Å²) in [6.45, 7) is 0. The van der Waals surface area contributed by atoms with Crippen molar-refractivity contribution >= 4 is 18.4 Å². The quantitative estimate of drug-likeness (QED) is 0.902. The molecule has 17 heavy (non-hydrogen) atoms. The molecule has 0 unspecified atom stereocenters. The van der Waals surface area contributed by atoms with E-state index in [1.807, 2.05) is 0 Å². The Hall–Kier alpha value is -1.95. The van der Waals surface area contributed by atoms with Crippen LogP contribution in [0.25, 0.3) is 11.5 Å². The van der Waals surface area contributed by atoms with E-state index in [1.54, 1.807) is 32.4 Å². The average Bonchev–Trinajstić information content (AvgIpc) is 2.75. The van der Waals surface area contributed by atoms with Gasteiger partial charge in [0, 0.05) is 5.56 Å². The van der Waals surface area contributed by atoms with Crippen molar-refractivity contribution in [2.24, 2.45) is 0 Å². The lowest BCUT2D eigenvalue weighted by Gasteiger charge is -2.07. The van der Waals surface area contributed by atoms with E-state index >= 15 is 0 Å².